The van der Waals surface area contributed by atoms with Crippen molar-refractivity contribution in [2.45, 2.75) is 80.3 Å². The van der Waals surface area contributed by atoms with Crippen LogP contribution in [0.3, 0.4) is 0 Å². The van der Waals surface area contributed by atoms with Gasteiger partial charge in [-0.2, -0.15) is 0 Å². The maximum absolute atomic E-state index is 17.0. The number of halogens is 1. The molecule has 1 saturated carbocycles. The number of alkyl halides is 1. The van der Waals surface area contributed by atoms with Gasteiger partial charge in [-0.1, -0.05) is 31.2 Å². The number of aliphatic hydroxyl groups excluding tert-OH is 3. The molecule has 3 unspecified atom stereocenters. The maximum atomic E-state index is 17.0. The van der Waals surface area contributed by atoms with E-state index in [0.717, 1.165) is 22.8 Å². The number of nitrogen functional groups attached to an aromatic ring is 1. The van der Waals surface area contributed by atoms with E-state index in [2.05, 4.69) is 30.1 Å². The van der Waals surface area contributed by atoms with Gasteiger partial charge in [0.05, 0.1) is 11.7 Å². The molecule has 3 fully saturated rings. The fraction of sp³-hybridized carbons (Fsp3) is 0.567. The van der Waals surface area contributed by atoms with Crippen LogP contribution in [0.5, 0.6) is 0 Å². The second kappa shape index (κ2) is 7.64. The SMILES string of the molecule is CN(C)[C@H]1C[C@@]23CC[C@@]4(O2)C(=CC[C@]2(C)C(c5ccc6c(N)nccc6c5)=CCC24)C(O)C3(F)[C@@H](O)[C@@H]1O. The van der Waals surface area contributed by atoms with Gasteiger partial charge in [0.25, 0.3) is 0 Å². The molecule has 2 spiro atoms. The van der Waals surface area contributed by atoms with Gasteiger partial charge in [0.2, 0.25) is 0 Å². The molecule has 1 aromatic carbocycles. The molecule has 1 aromatic heterocycles. The van der Waals surface area contributed by atoms with Gasteiger partial charge in [0, 0.05) is 29.0 Å². The van der Waals surface area contributed by atoms with Crippen molar-refractivity contribution in [2.24, 2.45) is 11.3 Å². The average Bonchev–Trinajstić information content (AvgIpc) is 3.43. The zero-order valence-corrected chi connectivity index (χ0v) is 22.1. The molecule has 3 aliphatic carbocycles. The number of fused-ring (bicyclic) bond motifs is 2. The highest BCUT2D eigenvalue weighted by molar-refractivity contribution is 5.93. The number of anilines is 1. The summed E-state index contributed by atoms with van der Waals surface area (Å²) in [4.78, 5) is 6.02. The van der Waals surface area contributed by atoms with Gasteiger partial charge in [0.15, 0.2) is 5.67 Å². The molecule has 2 saturated heterocycles. The molecule has 5 aliphatic rings. The molecule has 0 radical (unpaired) electrons. The average molecular weight is 522 g/mol. The predicted molar refractivity (Wildman–Crippen MR) is 143 cm³/mol. The van der Waals surface area contributed by atoms with E-state index in [1.54, 1.807) is 6.20 Å². The Hall–Kier alpha value is -2.36. The zero-order chi connectivity index (χ0) is 26.8. The smallest absolute Gasteiger partial charge is 0.197 e. The number of rotatable bonds is 2. The molecule has 0 amide bonds. The minimum Gasteiger partial charge on any atom is -0.389 e. The highest BCUT2D eigenvalue weighted by atomic mass is 19.1. The number of ether oxygens (including phenoxy) is 1. The highest BCUT2D eigenvalue weighted by Crippen LogP contribution is 2.70. The third-order valence-electron chi connectivity index (χ3n) is 10.9. The molecule has 9 atom stereocenters. The number of benzene rings is 1. The number of hydrogen-bond donors (Lipinski definition) is 4. The van der Waals surface area contributed by atoms with Gasteiger partial charge >= 0.3 is 0 Å². The number of aromatic nitrogens is 1. The first kappa shape index (κ1) is 24.7. The molecule has 38 heavy (non-hydrogen) atoms. The maximum Gasteiger partial charge on any atom is 0.197 e. The van der Waals surface area contributed by atoms with Crippen molar-refractivity contribution in [3.63, 3.8) is 0 Å². The Kier molecular flexibility index (Phi) is 4.96. The molecule has 202 valence electrons. The Morgan fingerprint density at radius 3 is 2.68 bits per heavy atom. The molecule has 2 aliphatic heterocycles. The van der Waals surface area contributed by atoms with Crippen LogP contribution in [0.15, 0.2) is 48.2 Å². The lowest BCUT2D eigenvalue weighted by atomic mass is 9.55. The third-order valence-corrected chi connectivity index (χ3v) is 10.9. The topological polar surface area (TPSA) is 112 Å². The molecule has 2 aromatic rings. The summed E-state index contributed by atoms with van der Waals surface area (Å²) in [6, 6.07) is 7.76. The lowest BCUT2D eigenvalue weighted by molar-refractivity contribution is -0.308. The number of nitrogens with zero attached hydrogens (tertiary/aromatic N) is 2. The summed E-state index contributed by atoms with van der Waals surface area (Å²) >= 11 is 0. The molecular weight excluding hydrogens is 485 g/mol. The number of likely N-dealkylation sites (N-methyl/N-ethyl adjacent to an activating group) is 1. The molecular formula is C30H36FN3O4. The van der Waals surface area contributed by atoms with Crippen LogP contribution in [0, 0.1) is 11.3 Å². The first-order chi connectivity index (χ1) is 18.0. The van der Waals surface area contributed by atoms with Crippen LogP contribution in [-0.2, 0) is 4.74 Å². The van der Waals surface area contributed by atoms with Crippen molar-refractivity contribution in [1.29, 1.82) is 0 Å². The largest absolute Gasteiger partial charge is 0.389 e. The fourth-order valence-electron chi connectivity index (χ4n) is 8.90. The van der Waals surface area contributed by atoms with Gasteiger partial charge < -0.3 is 30.7 Å². The predicted octanol–water partition coefficient (Wildman–Crippen LogP) is 2.98. The minimum atomic E-state index is -2.47. The van der Waals surface area contributed by atoms with Crippen molar-refractivity contribution < 1.29 is 24.4 Å². The lowest BCUT2D eigenvalue weighted by Crippen LogP contribution is -2.78. The molecule has 2 bridgehead atoms. The van der Waals surface area contributed by atoms with E-state index in [-0.39, 0.29) is 17.8 Å². The van der Waals surface area contributed by atoms with Gasteiger partial charge in [-0.05, 0) is 80.4 Å². The van der Waals surface area contributed by atoms with Crippen molar-refractivity contribution in [3.05, 3.63) is 53.8 Å². The molecule has 5 N–H and O–H groups in total. The highest BCUT2D eigenvalue weighted by Gasteiger charge is 2.79. The minimum absolute atomic E-state index is 0.0172. The van der Waals surface area contributed by atoms with Crippen LogP contribution < -0.4 is 5.73 Å². The number of allylic oxidation sites excluding steroid dienone is 3. The van der Waals surface area contributed by atoms with E-state index in [9.17, 15) is 15.3 Å². The summed E-state index contributed by atoms with van der Waals surface area (Å²) in [7, 11) is 3.63. The monoisotopic (exact) mass is 521 g/mol. The summed E-state index contributed by atoms with van der Waals surface area (Å²) in [6.45, 7) is 2.25. The Bertz CT molecular complexity index is 1410. The van der Waals surface area contributed by atoms with Crippen molar-refractivity contribution in [2.75, 3.05) is 19.8 Å². The van der Waals surface area contributed by atoms with E-state index >= 15 is 4.39 Å². The first-order valence-corrected chi connectivity index (χ1v) is 13.6. The van der Waals surface area contributed by atoms with Crippen LogP contribution in [0.1, 0.15) is 44.6 Å². The van der Waals surface area contributed by atoms with Crippen LogP contribution in [0.2, 0.25) is 0 Å². The zero-order valence-electron chi connectivity index (χ0n) is 22.1. The van der Waals surface area contributed by atoms with E-state index in [4.69, 9.17) is 10.5 Å². The van der Waals surface area contributed by atoms with Crippen molar-refractivity contribution in [1.82, 2.24) is 9.88 Å². The number of aliphatic hydroxyl groups is 3. The lowest BCUT2D eigenvalue weighted by Gasteiger charge is -2.62. The van der Waals surface area contributed by atoms with Gasteiger partial charge in [-0.3, -0.25) is 0 Å². The van der Waals surface area contributed by atoms with Gasteiger partial charge in [-0.15, -0.1) is 0 Å². The van der Waals surface area contributed by atoms with Crippen LogP contribution >= 0.6 is 0 Å². The van der Waals surface area contributed by atoms with E-state index in [0.29, 0.717) is 30.7 Å². The van der Waals surface area contributed by atoms with Gasteiger partial charge in [-0.25, -0.2) is 9.37 Å². The Balaban J connectivity index is 1.31. The quantitative estimate of drug-likeness (QED) is 0.450. The summed E-state index contributed by atoms with van der Waals surface area (Å²) in [5.74, 6) is 0.526. The Morgan fingerprint density at radius 2 is 1.92 bits per heavy atom. The number of pyridine rings is 1. The van der Waals surface area contributed by atoms with Crippen LogP contribution in [0.4, 0.5) is 10.2 Å². The Labute approximate surface area is 221 Å². The summed E-state index contributed by atoms with van der Waals surface area (Å²) < 4.78 is 24.0. The van der Waals surface area contributed by atoms with E-state index < -0.39 is 41.2 Å². The van der Waals surface area contributed by atoms with Crippen molar-refractivity contribution in [3.8, 4) is 0 Å². The molecule has 7 nitrogen and oxygen atoms in total. The summed E-state index contributed by atoms with van der Waals surface area (Å²) in [5.41, 5.74) is 4.04. The number of nitrogens with two attached hydrogens (primary N) is 1. The fourth-order valence-corrected chi connectivity index (χ4v) is 8.90. The standard InChI is InChI=1S/C30H36FN3O4/c1-27-10-8-20-24(36)30(31)25(37)23(35)21(34(2)3)15-28(30)11-12-29(20,38-28)22(27)7-6-19(27)17-4-5-18-16(14-17)9-13-33-26(18)32/h4-6,8-9,13-14,21-25,35-37H,7,10-12,15H2,1-3H3,(H2,32,33)/t21-,22?,23+,24?,25-,27+,28+,29+,30?/m0/s1. The van der Waals surface area contributed by atoms with Gasteiger partial charge in [0.1, 0.15) is 23.6 Å². The first-order valence-electron chi connectivity index (χ1n) is 13.6. The number of hydrogen-bond acceptors (Lipinski definition) is 7. The van der Waals surface area contributed by atoms with E-state index in [1.807, 2.05) is 37.2 Å². The Morgan fingerprint density at radius 1 is 1.13 bits per heavy atom. The van der Waals surface area contributed by atoms with E-state index in [1.165, 1.54) is 5.57 Å². The molecule has 7 rings (SSSR count). The second-order valence-electron chi connectivity index (χ2n) is 12.6. The van der Waals surface area contributed by atoms with Crippen LogP contribution in [-0.4, -0.2) is 80.5 Å². The third kappa shape index (κ3) is 2.73. The summed E-state index contributed by atoms with van der Waals surface area (Å²) in [5, 5.41) is 35.6. The summed E-state index contributed by atoms with van der Waals surface area (Å²) in [6.07, 6.45) is 3.91. The van der Waals surface area contributed by atoms with Crippen molar-refractivity contribution >= 4 is 22.2 Å². The second-order valence-corrected chi connectivity index (χ2v) is 12.6. The molecule has 3 heterocycles. The van der Waals surface area contributed by atoms with Crippen LogP contribution in [0.25, 0.3) is 16.3 Å². The normalized spacial score (nSPS) is 45.4. The molecule has 8 heteroatoms.